The Balaban J connectivity index is 2.27. The number of rotatable bonds is 2. The van der Waals surface area contributed by atoms with Gasteiger partial charge in [-0.05, 0) is 34.1 Å². The van der Waals surface area contributed by atoms with E-state index in [2.05, 4.69) is 25.9 Å². The highest BCUT2D eigenvalue weighted by Gasteiger charge is 2.13. The molecule has 0 unspecified atom stereocenters. The van der Waals surface area contributed by atoms with Crippen LogP contribution < -0.4 is 4.90 Å². The molecule has 0 saturated carbocycles. The standard InChI is InChI=1S/C12H10BrN3O/c1-16(11-3-2-4-14-8-11)12(17)9-5-10(13)7-15-6-9/h2-8H,1H3. The van der Waals surface area contributed by atoms with E-state index in [9.17, 15) is 4.79 Å². The summed E-state index contributed by atoms with van der Waals surface area (Å²) in [4.78, 5) is 21.6. The molecule has 0 aliphatic rings. The molecule has 0 radical (unpaired) electrons. The van der Waals surface area contributed by atoms with Crippen LogP contribution in [0.5, 0.6) is 0 Å². The molecule has 1 amide bonds. The van der Waals surface area contributed by atoms with Crippen molar-refractivity contribution in [2.75, 3.05) is 11.9 Å². The van der Waals surface area contributed by atoms with Gasteiger partial charge in [0.2, 0.25) is 0 Å². The second-order valence-electron chi connectivity index (χ2n) is 3.47. The zero-order chi connectivity index (χ0) is 12.3. The van der Waals surface area contributed by atoms with Crippen molar-refractivity contribution in [2.45, 2.75) is 0 Å². The summed E-state index contributed by atoms with van der Waals surface area (Å²) < 4.78 is 0.780. The summed E-state index contributed by atoms with van der Waals surface area (Å²) in [5, 5.41) is 0. The van der Waals surface area contributed by atoms with Gasteiger partial charge in [-0.2, -0.15) is 0 Å². The highest BCUT2D eigenvalue weighted by Crippen LogP contribution is 2.15. The first-order valence-electron chi connectivity index (χ1n) is 4.97. The Morgan fingerprint density at radius 2 is 2.12 bits per heavy atom. The Kier molecular flexibility index (Phi) is 3.49. The topological polar surface area (TPSA) is 46.1 Å². The smallest absolute Gasteiger partial charge is 0.259 e. The molecule has 2 aromatic rings. The van der Waals surface area contributed by atoms with E-state index < -0.39 is 0 Å². The fraction of sp³-hybridized carbons (Fsp3) is 0.0833. The monoisotopic (exact) mass is 291 g/mol. The third-order valence-corrected chi connectivity index (χ3v) is 2.72. The molecule has 0 aromatic carbocycles. The first kappa shape index (κ1) is 11.7. The summed E-state index contributed by atoms with van der Waals surface area (Å²) in [5.74, 6) is -0.119. The number of anilines is 1. The van der Waals surface area contributed by atoms with Gasteiger partial charge in [-0.1, -0.05) is 0 Å². The highest BCUT2D eigenvalue weighted by atomic mass is 79.9. The third-order valence-electron chi connectivity index (χ3n) is 2.29. The maximum atomic E-state index is 12.1. The minimum Gasteiger partial charge on any atom is -0.310 e. The predicted molar refractivity (Wildman–Crippen MR) is 68.9 cm³/mol. The van der Waals surface area contributed by atoms with Gasteiger partial charge in [-0.25, -0.2) is 0 Å². The minimum absolute atomic E-state index is 0.119. The van der Waals surface area contributed by atoms with E-state index in [1.165, 1.54) is 4.90 Å². The van der Waals surface area contributed by atoms with Crippen molar-refractivity contribution in [3.05, 3.63) is 53.0 Å². The van der Waals surface area contributed by atoms with Crippen LogP contribution in [0.25, 0.3) is 0 Å². The minimum atomic E-state index is -0.119. The van der Waals surface area contributed by atoms with Gasteiger partial charge in [-0.3, -0.25) is 14.8 Å². The molecular formula is C12H10BrN3O. The van der Waals surface area contributed by atoms with Crippen molar-refractivity contribution < 1.29 is 4.79 Å². The van der Waals surface area contributed by atoms with Gasteiger partial charge in [0.05, 0.1) is 17.4 Å². The van der Waals surface area contributed by atoms with Crippen molar-refractivity contribution in [1.82, 2.24) is 9.97 Å². The lowest BCUT2D eigenvalue weighted by molar-refractivity contribution is 0.0992. The number of hydrogen-bond donors (Lipinski definition) is 0. The number of amides is 1. The Labute approximate surface area is 107 Å². The Bertz CT molecular complexity index is 530. The Hall–Kier alpha value is -1.75. The van der Waals surface area contributed by atoms with Crippen LogP contribution in [-0.4, -0.2) is 22.9 Å². The zero-order valence-electron chi connectivity index (χ0n) is 9.17. The van der Waals surface area contributed by atoms with Crippen LogP contribution in [0.1, 0.15) is 10.4 Å². The molecule has 2 heterocycles. The van der Waals surface area contributed by atoms with Crippen LogP contribution in [-0.2, 0) is 0 Å². The van der Waals surface area contributed by atoms with E-state index in [1.54, 1.807) is 44.0 Å². The molecule has 86 valence electrons. The molecule has 2 rings (SSSR count). The van der Waals surface area contributed by atoms with Crippen molar-refractivity contribution >= 4 is 27.5 Å². The van der Waals surface area contributed by atoms with Crippen molar-refractivity contribution in [3.63, 3.8) is 0 Å². The van der Waals surface area contributed by atoms with Gasteiger partial charge < -0.3 is 4.90 Å². The fourth-order valence-corrected chi connectivity index (χ4v) is 1.76. The average molecular weight is 292 g/mol. The molecule has 5 heteroatoms. The maximum absolute atomic E-state index is 12.1. The quantitative estimate of drug-likeness (QED) is 0.854. The highest BCUT2D eigenvalue weighted by molar-refractivity contribution is 9.10. The summed E-state index contributed by atoms with van der Waals surface area (Å²) in [6, 6.07) is 5.36. The van der Waals surface area contributed by atoms with E-state index in [4.69, 9.17) is 0 Å². The second-order valence-corrected chi connectivity index (χ2v) is 4.38. The van der Waals surface area contributed by atoms with Crippen molar-refractivity contribution in [1.29, 1.82) is 0 Å². The molecule has 4 nitrogen and oxygen atoms in total. The summed E-state index contributed by atoms with van der Waals surface area (Å²) in [6.45, 7) is 0. The summed E-state index contributed by atoms with van der Waals surface area (Å²) in [6.07, 6.45) is 6.49. The molecule has 0 aliphatic heterocycles. The van der Waals surface area contributed by atoms with Crippen LogP contribution in [0, 0.1) is 0 Å². The fourth-order valence-electron chi connectivity index (χ4n) is 1.39. The van der Waals surface area contributed by atoms with Crippen LogP contribution in [0.3, 0.4) is 0 Å². The van der Waals surface area contributed by atoms with E-state index in [0.717, 1.165) is 10.2 Å². The summed E-state index contributed by atoms with van der Waals surface area (Å²) in [5.41, 5.74) is 1.28. The van der Waals surface area contributed by atoms with Crippen LogP contribution in [0.2, 0.25) is 0 Å². The van der Waals surface area contributed by atoms with Crippen molar-refractivity contribution in [3.8, 4) is 0 Å². The Morgan fingerprint density at radius 3 is 2.76 bits per heavy atom. The number of aromatic nitrogens is 2. The molecular weight excluding hydrogens is 282 g/mol. The van der Waals surface area contributed by atoms with Crippen LogP contribution in [0.15, 0.2) is 47.5 Å². The SMILES string of the molecule is CN(C(=O)c1cncc(Br)c1)c1cccnc1. The lowest BCUT2D eigenvalue weighted by atomic mass is 10.2. The van der Waals surface area contributed by atoms with Gasteiger partial charge in [0.25, 0.3) is 5.91 Å². The van der Waals surface area contributed by atoms with Crippen LogP contribution in [0.4, 0.5) is 5.69 Å². The number of hydrogen-bond acceptors (Lipinski definition) is 3. The second kappa shape index (κ2) is 5.05. The number of nitrogens with zero attached hydrogens (tertiary/aromatic N) is 3. The molecule has 0 N–H and O–H groups in total. The van der Waals surface area contributed by atoms with Crippen molar-refractivity contribution in [2.24, 2.45) is 0 Å². The van der Waals surface area contributed by atoms with Gasteiger partial charge in [0.1, 0.15) is 0 Å². The average Bonchev–Trinajstić information content (AvgIpc) is 2.38. The lowest BCUT2D eigenvalue weighted by Crippen LogP contribution is -2.26. The van der Waals surface area contributed by atoms with Crippen LogP contribution >= 0.6 is 15.9 Å². The number of carbonyl (C=O) groups excluding carboxylic acids is 1. The molecule has 0 bridgehead atoms. The molecule has 0 saturated heterocycles. The molecule has 0 fully saturated rings. The van der Waals surface area contributed by atoms with E-state index in [0.29, 0.717) is 5.56 Å². The maximum Gasteiger partial charge on any atom is 0.259 e. The third kappa shape index (κ3) is 2.68. The normalized spacial score (nSPS) is 10.0. The number of carbonyl (C=O) groups is 1. The summed E-state index contributed by atoms with van der Waals surface area (Å²) in [7, 11) is 1.71. The number of halogens is 1. The zero-order valence-corrected chi connectivity index (χ0v) is 10.8. The van der Waals surface area contributed by atoms with Gasteiger partial charge in [0, 0.05) is 30.1 Å². The molecule has 0 aliphatic carbocycles. The number of pyridine rings is 2. The molecule has 2 aromatic heterocycles. The van der Waals surface area contributed by atoms with E-state index in [-0.39, 0.29) is 5.91 Å². The predicted octanol–water partition coefficient (Wildman–Crippen LogP) is 2.52. The van der Waals surface area contributed by atoms with E-state index in [1.807, 2.05) is 6.07 Å². The summed E-state index contributed by atoms with van der Waals surface area (Å²) >= 11 is 3.29. The molecule has 17 heavy (non-hydrogen) atoms. The van der Waals surface area contributed by atoms with Gasteiger partial charge in [-0.15, -0.1) is 0 Å². The molecule has 0 atom stereocenters. The Morgan fingerprint density at radius 1 is 1.29 bits per heavy atom. The van der Waals surface area contributed by atoms with E-state index >= 15 is 0 Å². The van der Waals surface area contributed by atoms with Gasteiger partial charge in [0.15, 0.2) is 0 Å². The van der Waals surface area contributed by atoms with Gasteiger partial charge >= 0.3 is 0 Å². The largest absolute Gasteiger partial charge is 0.310 e. The molecule has 0 spiro atoms. The first-order valence-corrected chi connectivity index (χ1v) is 5.76. The first-order chi connectivity index (χ1) is 8.18. The lowest BCUT2D eigenvalue weighted by Gasteiger charge is -2.16.